The number of aliphatic hydroxyl groups is 1. The molecular formula is C18H26N4O4. The van der Waals surface area contributed by atoms with Crippen LogP contribution in [0.1, 0.15) is 48.8 Å². The van der Waals surface area contributed by atoms with E-state index in [-0.39, 0.29) is 22.8 Å². The molecule has 8 heteroatoms. The predicted molar refractivity (Wildman–Crippen MR) is 94.7 cm³/mol. The lowest BCUT2D eigenvalue weighted by atomic mass is 9.72. The molecule has 26 heavy (non-hydrogen) atoms. The van der Waals surface area contributed by atoms with Crippen LogP contribution >= 0.6 is 0 Å². The molecule has 0 saturated carbocycles. The van der Waals surface area contributed by atoms with Gasteiger partial charge in [-0.3, -0.25) is 14.4 Å². The zero-order valence-electron chi connectivity index (χ0n) is 15.3. The lowest BCUT2D eigenvalue weighted by molar-refractivity contribution is -0.140. The summed E-state index contributed by atoms with van der Waals surface area (Å²) in [7, 11) is 0. The Bertz CT molecular complexity index is 750. The van der Waals surface area contributed by atoms with E-state index in [1.165, 1.54) is 6.20 Å². The fraction of sp³-hybridized carbons (Fsp3) is 0.667. The van der Waals surface area contributed by atoms with E-state index in [9.17, 15) is 19.5 Å². The second-order valence-corrected chi connectivity index (χ2v) is 7.63. The van der Waals surface area contributed by atoms with Crippen molar-refractivity contribution in [2.45, 2.75) is 45.6 Å². The normalized spacial score (nSPS) is 21.1. The molecule has 0 aromatic carbocycles. The van der Waals surface area contributed by atoms with Gasteiger partial charge in [0.15, 0.2) is 0 Å². The fourth-order valence-electron chi connectivity index (χ4n) is 3.99. The van der Waals surface area contributed by atoms with Gasteiger partial charge in [0.25, 0.3) is 11.5 Å². The van der Waals surface area contributed by atoms with Gasteiger partial charge in [-0.2, -0.15) is 0 Å². The summed E-state index contributed by atoms with van der Waals surface area (Å²) in [6.45, 7) is 5.46. The minimum atomic E-state index is -0.545. The van der Waals surface area contributed by atoms with E-state index < -0.39 is 11.7 Å². The summed E-state index contributed by atoms with van der Waals surface area (Å²) in [5.41, 5.74) is -0.340. The van der Waals surface area contributed by atoms with Crippen molar-refractivity contribution < 1.29 is 14.7 Å². The highest BCUT2D eigenvalue weighted by Gasteiger charge is 2.42. The van der Waals surface area contributed by atoms with Gasteiger partial charge >= 0.3 is 0 Å². The number of aryl methyl sites for hydroxylation is 1. The summed E-state index contributed by atoms with van der Waals surface area (Å²) in [6, 6.07) is 0. The third kappa shape index (κ3) is 3.80. The Labute approximate surface area is 152 Å². The standard InChI is InChI=1S/C18H26N4O4/c1-12(23)10-22-11-18(4-3-15(22)24)5-7-21(8-6-18)17(26)14-9-19-13(2)20-16(14)25/h9,12,23H,3-8,10-11H2,1-2H3,(H,19,20,25)/t12-/m0/s1. The Hall–Kier alpha value is -2.22. The van der Waals surface area contributed by atoms with Gasteiger partial charge in [0.1, 0.15) is 11.4 Å². The number of nitrogens with one attached hydrogen (secondary N) is 1. The molecule has 2 amide bonds. The number of likely N-dealkylation sites (tertiary alicyclic amines) is 2. The van der Waals surface area contributed by atoms with E-state index in [0.29, 0.717) is 38.4 Å². The van der Waals surface area contributed by atoms with Gasteiger partial charge in [-0.15, -0.1) is 0 Å². The summed E-state index contributed by atoms with van der Waals surface area (Å²) in [5, 5.41) is 9.61. The maximum atomic E-state index is 12.6. The smallest absolute Gasteiger partial charge is 0.263 e. The van der Waals surface area contributed by atoms with Gasteiger partial charge in [0, 0.05) is 38.8 Å². The number of carbonyl (C=O) groups excluding carboxylic acids is 2. The second kappa shape index (κ2) is 7.19. The molecule has 0 bridgehead atoms. The van der Waals surface area contributed by atoms with Crippen molar-refractivity contribution in [3.05, 3.63) is 27.9 Å². The maximum Gasteiger partial charge on any atom is 0.263 e. The Morgan fingerprint density at radius 1 is 1.35 bits per heavy atom. The highest BCUT2D eigenvalue weighted by atomic mass is 16.3. The number of β-amino-alcohol motifs (C(OH)–C–C–N with tert-alkyl or cyclic N) is 1. The number of amides is 2. The van der Waals surface area contributed by atoms with Crippen LogP contribution in [0.2, 0.25) is 0 Å². The van der Waals surface area contributed by atoms with Crippen molar-refractivity contribution in [1.82, 2.24) is 19.8 Å². The van der Waals surface area contributed by atoms with E-state index in [0.717, 1.165) is 19.3 Å². The summed E-state index contributed by atoms with van der Waals surface area (Å²) >= 11 is 0. The SMILES string of the molecule is Cc1ncc(C(=O)N2CCC3(CCC(=O)N(C[C@H](C)O)C3)CC2)c(=O)[nH]1. The molecule has 1 aromatic heterocycles. The van der Waals surface area contributed by atoms with Crippen molar-refractivity contribution in [3.8, 4) is 0 Å². The number of hydrogen-bond acceptors (Lipinski definition) is 5. The van der Waals surface area contributed by atoms with Crippen LogP contribution in [0.4, 0.5) is 0 Å². The Morgan fingerprint density at radius 3 is 2.65 bits per heavy atom. The minimum Gasteiger partial charge on any atom is -0.392 e. The first-order valence-corrected chi connectivity index (χ1v) is 9.11. The van der Waals surface area contributed by atoms with Gasteiger partial charge in [0.2, 0.25) is 5.91 Å². The van der Waals surface area contributed by atoms with Crippen LogP contribution in [0.15, 0.2) is 11.0 Å². The largest absolute Gasteiger partial charge is 0.392 e. The number of nitrogens with zero attached hydrogens (tertiary/aromatic N) is 3. The van der Waals surface area contributed by atoms with Crippen molar-refractivity contribution in [2.24, 2.45) is 5.41 Å². The molecule has 3 heterocycles. The number of aliphatic hydroxyl groups excluding tert-OH is 1. The van der Waals surface area contributed by atoms with Crippen LogP contribution in [0.3, 0.4) is 0 Å². The van der Waals surface area contributed by atoms with Crippen LogP contribution in [0.25, 0.3) is 0 Å². The quantitative estimate of drug-likeness (QED) is 0.804. The van der Waals surface area contributed by atoms with Crippen LogP contribution in [-0.4, -0.2) is 69.0 Å². The van der Waals surface area contributed by atoms with E-state index >= 15 is 0 Å². The third-order valence-corrected chi connectivity index (χ3v) is 5.50. The number of piperidine rings is 2. The van der Waals surface area contributed by atoms with E-state index in [1.807, 2.05) is 0 Å². The third-order valence-electron chi connectivity index (χ3n) is 5.50. The van der Waals surface area contributed by atoms with Gasteiger partial charge in [-0.25, -0.2) is 4.98 Å². The number of carbonyl (C=O) groups is 2. The molecule has 2 saturated heterocycles. The second-order valence-electron chi connectivity index (χ2n) is 7.63. The maximum absolute atomic E-state index is 12.6. The zero-order chi connectivity index (χ0) is 18.9. The monoisotopic (exact) mass is 362 g/mol. The van der Waals surface area contributed by atoms with E-state index in [1.54, 1.807) is 23.6 Å². The molecular weight excluding hydrogens is 336 g/mol. The van der Waals surface area contributed by atoms with E-state index in [4.69, 9.17) is 0 Å². The molecule has 3 rings (SSSR count). The van der Waals surface area contributed by atoms with E-state index in [2.05, 4.69) is 9.97 Å². The van der Waals surface area contributed by atoms with Crippen molar-refractivity contribution in [3.63, 3.8) is 0 Å². The molecule has 2 aliphatic heterocycles. The summed E-state index contributed by atoms with van der Waals surface area (Å²) in [5.74, 6) is 0.280. The van der Waals surface area contributed by atoms with Gasteiger partial charge in [-0.05, 0) is 38.5 Å². The fourth-order valence-corrected chi connectivity index (χ4v) is 3.99. The van der Waals surface area contributed by atoms with Gasteiger partial charge in [0.05, 0.1) is 6.10 Å². The summed E-state index contributed by atoms with van der Waals surface area (Å²) < 4.78 is 0. The molecule has 2 aliphatic rings. The number of aromatic nitrogens is 2. The first-order chi connectivity index (χ1) is 12.3. The van der Waals surface area contributed by atoms with Crippen LogP contribution in [0, 0.1) is 12.3 Å². The van der Waals surface area contributed by atoms with Crippen molar-refractivity contribution >= 4 is 11.8 Å². The molecule has 2 N–H and O–H groups in total. The number of hydrogen-bond donors (Lipinski definition) is 2. The molecule has 1 atom stereocenters. The first-order valence-electron chi connectivity index (χ1n) is 9.11. The average molecular weight is 362 g/mol. The molecule has 0 unspecified atom stereocenters. The Kier molecular flexibility index (Phi) is 5.13. The number of aromatic amines is 1. The topological polar surface area (TPSA) is 107 Å². The Morgan fingerprint density at radius 2 is 2.04 bits per heavy atom. The van der Waals surface area contributed by atoms with Crippen LogP contribution < -0.4 is 5.56 Å². The first kappa shape index (κ1) is 18.6. The molecule has 142 valence electrons. The van der Waals surface area contributed by atoms with Gasteiger partial charge < -0.3 is 19.9 Å². The summed E-state index contributed by atoms with van der Waals surface area (Å²) in [6.07, 6.45) is 3.68. The lowest BCUT2D eigenvalue weighted by Gasteiger charge is -2.47. The lowest BCUT2D eigenvalue weighted by Crippen LogP contribution is -2.53. The Balaban J connectivity index is 1.66. The zero-order valence-corrected chi connectivity index (χ0v) is 15.3. The van der Waals surface area contributed by atoms with Crippen LogP contribution in [-0.2, 0) is 4.79 Å². The number of rotatable bonds is 3. The number of H-pyrrole nitrogens is 1. The molecule has 0 radical (unpaired) electrons. The molecule has 2 fully saturated rings. The highest BCUT2D eigenvalue weighted by molar-refractivity contribution is 5.93. The predicted octanol–water partition coefficient (Wildman–Crippen LogP) is 0.304. The van der Waals surface area contributed by atoms with Crippen LogP contribution in [0.5, 0.6) is 0 Å². The molecule has 0 aliphatic carbocycles. The van der Waals surface area contributed by atoms with Gasteiger partial charge in [-0.1, -0.05) is 0 Å². The average Bonchev–Trinajstić information content (AvgIpc) is 2.58. The highest BCUT2D eigenvalue weighted by Crippen LogP contribution is 2.40. The van der Waals surface area contributed by atoms with Crippen molar-refractivity contribution in [1.29, 1.82) is 0 Å². The molecule has 1 spiro atoms. The van der Waals surface area contributed by atoms with Crippen molar-refractivity contribution in [2.75, 3.05) is 26.2 Å². The molecule has 1 aromatic rings. The minimum absolute atomic E-state index is 0.00245. The summed E-state index contributed by atoms with van der Waals surface area (Å²) in [4.78, 5) is 46.7. The molecule has 8 nitrogen and oxygen atoms in total.